The summed E-state index contributed by atoms with van der Waals surface area (Å²) in [5.74, 6) is 0. The minimum Gasteiger partial charge on any atom is -0.316 e. The first kappa shape index (κ1) is 17.0. The smallest absolute Gasteiger partial charge is 0.0602 e. The van der Waals surface area contributed by atoms with E-state index in [1.807, 2.05) is 12.1 Å². The molecule has 0 aliphatic rings. The highest BCUT2D eigenvalue weighted by Crippen LogP contribution is 2.29. The van der Waals surface area contributed by atoms with E-state index in [1.165, 1.54) is 11.1 Å². The van der Waals surface area contributed by atoms with Crippen LogP contribution >= 0.6 is 11.6 Å². The minimum absolute atomic E-state index is 0.266. The Kier molecular flexibility index (Phi) is 6.91. The summed E-state index contributed by atoms with van der Waals surface area (Å²) in [6.07, 6.45) is 0. The first-order valence-corrected chi connectivity index (χ1v) is 8.39. The topological polar surface area (TPSA) is 15.3 Å². The number of hydrogen-bond acceptors (Lipinski definition) is 2. The maximum atomic E-state index is 6.05. The number of rotatable bonds is 8. The molecular weight excluding hydrogens is 292 g/mol. The van der Waals surface area contributed by atoms with E-state index in [2.05, 4.69) is 66.5 Å². The number of benzene rings is 2. The molecule has 2 aromatic rings. The molecule has 0 amide bonds. The predicted octanol–water partition coefficient (Wildman–Crippen LogP) is 4.36. The van der Waals surface area contributed by atoms with Gasteiger partial charge in [0.25, 0.3) is 0 Å². The lowest BCUT2D eigenvalue weighted by atomic mass is 9.97. The lowest BCUT2D eigenvalue weighted by Crippen LogP contribution is -2.35. The van der Waals surface area contributed by atoms with Gasteiger partial charge in [-0.1, -0.05) is 67.9 Å². The van der Waals surface area contributed by atoms with Crippen molar-refractivity contribution in [3.8, 4) is 0 Å². The number of hydrogen-bond donors (Lipinski definition) is 1. The molecule has 0 saturated heterocycles. The first-order valence-electron chi connectivity index (χ1n) is 8.01. The summed E-state index contributed by atoms with van der Waals surface area (Å²) in [6, 6.07) is 19.2. The summed E-state index contributed by atoms with van der Waals surface area (Å²) in [5.41, 5.74) is 2.61. The van der Waals surface area contributed by atoms with Gasteiger partial charge in [-0.05, 0) is 36.3 Å². The van der Waals surface area contributed by atoms with Gasteiger partial charge in [0.1, 0.15) is 0 Å². The Morgan fingerprint density at radius 2 is 1.59 bits per heavy atom. The lowest BCUT2D eigenvalue weighted by Gasteiger charge is -2.31. The van der Waals surface area contributed by atoms with Crippen LogP contribution < -0.4 is 5.32 Å². The highest BCUT2D eigenvalue weighted by atomic mass is 35.5. The summed E-state index contributed by atoms with van der Waals surface area (Å²) in [6.45, 7) is 8.40. The van der Waals surface area contributed by atoms with Gasteiger partial charge in [-0.15, -0.1) is 0 Å². The number of likely N-dealkylation sites (N-methyl/N-ethyl adjacent to an activating group) is 2. The number of nitrogens with zero attached hydrogens (tertiary/aromatic N) is 1. The Balaban J connectivity index is 2.29. The van der Waals surface area contributed by atoms with E-state index >= 15 is 0 Å². The van der Waals surface area contributed by atoms with Crippen LogP contribution in [0.15, 0.2) is 54.6 Å². The van der Waals surface area contributed by atoms with Crippen molar-refractivity contribution in [2.24, 2.45) is 0 Å². The second kappa shape index (κ2) is 8.94. The molecule has 0 spiro atoms. The SMILES string of the molecule is CCNCCN(CC)C(c1ccccc1)c1ccc(Cl)cc1. The fraction of sp³-hybridized carbons (Fsp3) is 0.368. The van der Waals surface area contributed by atoms with Crippen molar-refractivity contribution in [3.05, 3.63) is 70.7 Å². The van der Waals surface area contributed by atoms with Gasteiger partial charge in [0.05, 0.1) is 6.04 Å². The third-order valence-electron chi connectivity index (χ3n) is 3.90. The number of nitrogens with one attached hydrogen (secondary N) is 1. The van der Waals surface area contributed by atoms with Gasteiger partial charge >= 0.3 is 0 Å². The van der Waals surface area contributed by atoms with Crippen molar-refractivity contribution in [1.82, 2.24) is 10.2 Å². The molecule has 2 nitrogen and oxygen atoms in total. The van der Waals surface area contributed by atoms with Crippen molar-refractivity contribution < 1.29 is 0 Å². The van der Waals surface area contributed by atoms with E-state index in [0.29, 0.717) is 0 Å². The molecule has 0 heterocycles. The second-order valence-corrected chi connectivity index (χ2v) is 5.78. The van der Waals surface area contributed by atoms with Gasteiger partial charge in [0.15, 0.2) is 0 Å². The molecule has 0 saturated carbocycles. The fourth-order valence-corrected chi connectivity index (χ4v) is 2.89. The third-order valence-corrected chi connectivity index (χ3v) is 4.15. The molecule has 2 rings (SSSR count). The molecule has 22 heavy (non-hydrogen) atoms. The van der Waals surface area contributed by atoms with Gasteiger partial charge in [0.2, 0.25) is 0 Å². The molecule has 0 aromatic heterocycles. The van der Waals surface area contributed by atoms with E-state index < -0.39 is 0 Å². The Morgan fingerprint density at radius 1 is 0.955 bits per heavy atom. The molecule has 0 fully saturated rings. The van der Waals surface area contributed by atoms with Crippen molar-refractivity contribution in [1.29, 1.82) is 0 Å². The van der Waals surface area contributed by atoms with Crippen LogP contribution in [0.1, 0.15) is 31.0 Å². The van der Waals surface area contributed by atoms with Gasteiger partial charge < -0.3 is 5.32 Å². The van der Waals surface area contributed by atoms with Gasteiger partial charge in [-0.3, -0.25) is 4.90 Å². The zero-order valence-corrected chi connectivity index (χ0v) is 14.2. The van der Waals surface area contributed by atoms with E-state index in [9.17, 15) is 0 Å². The summed E-state index contributed by atoms with van der Waals surface area (Å²) >= 11 is 6.05. The normalized spacial score (nSPS) is 12.5. The summed E-state index contributed by atoms with van der Waals surface area (Å²) in [4.78, 5) is 2.50. The maximum Gasteiger partial charge on any atom is 0.0602 e. The molecule has 0 aliphatic carbocycles. The first-order chi connectivity index (χ1) is 10.8. The largest absolute Gasteiger partial charge is 0.316 e. The van der Waals surface area contributed by atoms with Gasteiger partial charge in [-0.2, -0.15) is 0 Å². The van der Waals surface area contributed by atoms with Crippen LogP contribution in [0.25, 0.3) is 0 Å². The molecule has 0 aliphatic heterocycles. The average Bonchev–Trinajstić information content (AvgIpc) is 2.56. The van der Waals surface area contributed by atoms with Gasteiger partial charge in [-0.25, -0.2) is 0 Å². The average molecular weight is 317 g/mol. The van der Waals surface area contributed by atoms with Crippen molar-refractivity contribution in [2.45, 2.75) is 19.9 Å². The zero-order valence-electron chi connectivity index (χ0n) is 13.4. The third kappa shape index (κ3) is 4.57. The molecule has 118 valence electrons. The van der Waals surface area contributed by atoms with Crippen molar-refractivity contribution in [3.63, 3.8) is 0 Å². The van der Waals surface area contributed by atoms with Crippen molar-refractivity contribution >= 4 is 11.6 Å². The molecular formula is C19H25ClN2. The number of halogens is 1. The monoisotopic (exact) mass is 316 g/mol. The summed E-state index contributed by atoms with van der Waals surface area (Å²) < 4.78 is 0. The lowest BCUT2D eigenvalue weighted by molar-refractivity contribution is 0.238. The Labute approximate surface area is 139 Å². The predicted molar refractivity (Wildman–Crippen MR) is 95.5 cm³/mol. The van der Waals surface area contributed by atoms with Crippen LogP contribution in [0.5, 0.6) is 0 Å². The van der Waals surface area contributed by atoms with E-state index in [-0.39, 0.29) is 6.04 Å². The van der Waals surface area contributed by atoms with E-state index in [0.717, 1.165) is 31.2 Å². The van der Waals surface area contributed by atoms with Crippen LogP contribution in [-0.4, -0.2) is 31.1 Å². The highest BCUT2D eigenvalue weighted by Gasteiger charge is 2.20. The summed E-state index contributed by atoms with van der Waals surface area (Å²) in [5, 5.41) is 4.20. The van der Waals surface area contributed by atoms with Gasteiger partial charge in [0, 0.05) is 18.1 Å². The van der Waals surface area contributed by atoms with Crippen LogP contribution in [0.4, 0.5) is 0 Å². The van der Waals surface area contributed by atoms with Crippen LogP contribution in [0.3, 0.4) is 0 Å². The van der Waals surface area contributed by atoms with Crippen LogP contribution in [0.2, 0.25) is 5.02 Å². The van der Waals surface area contributed by atoms with Crippen molar-refractivity contribution in [2.75, 3.05) is 26.2 Å². The molecule has 0 radical (unpaired) electrons. The standard InChI is InChI=1S/C19H25ClN2/c1-3-21-14-15-22(4-2)19(16-8-6-5-7-9-16)17-10-12-18(20)13-11-17/h5-13,19,21H,3-4,14-15H2,1-2H3. The van der Waals surface area contributed by atoms with E-state index in [4.69, 9.17) is 11.6 Å². The molecule has 0 bridgehead atoms. The van der Waals surface area contributed by atoms with Crippen LogP contribution in [-0.2, 0) is 0 Å². The summed E-state index contributed by atoms with van der Waals surface area (Å²) in [7, 11) is 0. The van der Waals surface area contributed by atoms with E-state index in [1.54, 1.807) is 0 Å². The quantitative estimate of drug-likeness (QED) is 0.728. The minimum atomic E-state index is 0.266. The highest BCUT2D eigenvalue weighted by molar-refractivity contribution is 6.30. The fourth-order valence-electron chi connectivity index (χ4n) is 2.76. The molecule has 2 aromatic carbocycles. The zero-order chi connectivity index (χ0) is 15.8. The molecule has 1 unspecified atom stereocenters. The molecule has 1 N–H and O–H groups in total. The Bertz CT molecular complexity index is 539. The second-order valence-electron chi connectivity index (χ2n) is 5.35. The maximum absolute atomic E-state index is 6.05. The molecule has 3 heteroatoms. The van der Waals surface area contributed by atoms with Crippen LogP contribution in [0, 0.1) is 0 Å². The molecule has 1 atom stereocenters. The Morgan fingerprint density at radius 3 is 2.18 bits per heavy atom. The Hall–Kier alpha value is -1.35.